The number of hydrogen-bond donors (Lipinski definition) is 5. The van der Waals surface area contributed by atoms with Crippen LogP contribution >= 0.6 is 11.6 Å². The number of anilines is 3. The number of benzene rings is 3. The van der Waals surface area contributed by atoms with E-state index < -0.39 is 105 Å². The minimum Gasteiger partial charge on any atom is -0.475 e. The number of carbonyl (C=O) groups excluding carboxylic acids is 10. The summed E-state index contributed by atoms with van der Waals surface area (Å²) in [5, 5.41) is 14.6. The first-order valence-electron chi connectivity index (χ1n) is 32.7. The summed E-state index contributed by atoms with van der Waals surface area (Å²) in [6, 6.07) is 12.1. The Morgan fingerprint density at radius 3 is 1.01 bits per heavy atom. The number of nitrogens with one attached hydrogen (secondary N) is 4. The van der Waals surface area contributed by atoms with Gasteiger partial charge in [0.15, 0.2) is 0 Å². The number of nitrogens with zero attached hydrogens (tertiary/aromatic N) is 4. The van der Waals surface area contributed by atoms with Crippen molar-refractivity contribution in [1.29, 1.82) is 0 Å². The van der Waals surface area contributed by atoms with Crippen LogP contribution < -0.4 is 16.0 Å². The lowest BCUT2D eigenvalue weighted by atomic mass is 10.1. The number of amides is 3. The third kappa shape index (κ3) is 27.5. The number of esters is 4. The Morgan fingerprint density at radius 2 is 0.730 bits per heavy atom. The summed E-state index contributed by atoms with van der Waals surface area (Å²) >= 11 is 4.69. The number of halogens is 13. The lowest BCUT2D eigenvalue weighted by Gasteiger charge is -2.12. The molecule has 0 saturated carbocycles. The normalized spacial score (nSPS) is 10.5. The molecule has 37 heteroatoms. The fourth-order valence-corrected chi connectivity index (χ4v) is 10.8. The molecule has 0 spiro atoms. The number of aromatic nitrogens is 5. The van der Waals surface area contributed by atoms with Crippen molar-refractivity contribution >= 4 is 93.0 Å². The summed E-state index contributed by atoms with van der Waals surface area (Å²) in [5.41, 5.74) is 2.31. The van der Waals surface area contributed by atoms with Gasteiger partial charge in [0.2, 0.25) is 0 Å². The maximum absolute atomic E-state index is 13.4. The quantitative estimate of drug-likeness (QED) is 0.0141. The van der Waals surface area contributed by atoms with Crippen LogP contribution in [0.15, 0.2) is 72.8 Å². The van der Waals surface area contributed by atoms with Gasteiger partial charge in [-0.2, -0.15) is 39.5 Å². The van der Waals surface area contributed by atoms with E-state index in [1.807, 2.05) is 65.3 Å². The van der Waals surface area contributed by atoms with Gasteiger partial charge in [0.25, 0.3) is 29.3 Å². The lowest BCUT2D eigenvalue weighted by Crippen LogP contribution is -2.19. The number of hydrogen-bond acceptors (Lipinski definition) is 15. The average Bonchev–Trinajstić information content (AvgIpc) is 1.64. The molecule has 0 aliphatic carbocycles. The maximum Gasteiger partial charge on any atom is 0.419 e. The molecule has 0 bridgehead atoms. The summed E-state index contributed by atoms with van der Waals surface area (Å²) in [6.07, 6.45) is -14.7. The lowest BCUT2D eigenvalue weighted by molar-refractivity contribution is -0.150. The van der Waals surface area contributed by atoms with Gasteiger partial charge in [-0.25, -0.2) is 37.1 Å². The van der Waals surface area contributed by atoms with Crippen LogP contribution in [0.3, 0.4) is 0 Å². The zero-order valence-electron chi connectivity index (χ0n) is 63.0. The molecule has 3 aromatic carbocycles. The summed E-state index contributed by atoms with van der Waals surface area (Å²) in [5.74, 6) is -13.0. The van der Waals surface area contributed by atoms with Gasteiger partial charge >= 0.3 is 53.6 Å². The molecule has 115 heavy (non-hydrogen) atoms. The Bertz CT molecular complexity index is 4850. The Morgan fingerprint density at radius 1 is 0.417 bits per heavy atom. The molecule has 5 N–H and O–H groups in total. The SMILES string of the molecule is C.C.C.C.CCOC(=O)C(=O)Cl.CCOC(=O)C(=O)c1c(C)c(C(=O)Nc2ccc(F)c(C(F)(F)F)c2)n(C)c1C.CCOC(=O)c1[nH]c(C)cc1C.CCOC(=O)c1c(C)cc(C)n1C.Cc1c(C(=O)C(=O)O)c(C)n(C)c1C(=O)Nc1ccc(F)c(C(F)(F)F)c1.Cc1cc(C)n(C)c1C(=O)Nc1ccc(F)c(C(F)(F)F)c1. The van der Waals surface area contributed by atoms with E-state index in [1.165, 1.54) is 57.8 Å². The Kier molecular flexibility index (Phi) is 40.9. The predicted octanol–water partition coefficient (Wildman–Crippen LogP) is 17.7. The molecule has 5 heterocycles. The van der Waals surface area contributed by atoms with Crippen molar-refractivity contribution in [2.24, 2.45) is 28.2 Å². The smallest absolute Gasteiger partial charge is 0.419 e. The van der Waals surface area contributed by atoms with Crippen molar-refractivity contribution in [3.05, 3.63) is 203 Å². The summed E-state index contributed by atoms with van der Waals surface area (Å²) < 4.78 is 180. The summed E-state index contributed by atoms with van der Waals surface area (Å²) in [6.45, 7) is 24.7. The summed E-state index contributed by atoms with van der Waals surface area (Å²) in [4.78, 5) is 130. The predicted molar refractivity (Wildman–Crippen MR) is 407 cm³/mol. The molecule has 0 unspecified atom stereocenters. The molecule has 0 aliphatic heterocycles. The average molecular weight is 1660 g/mol. The van der Waals surface area contributed by atoms with Gasteiger partial charge < -0.3 is 63.3 Å². The van der Waals surface area contributed by atoms with Crippen molar-refractivity contribution in [2.75, 3.05) is 42.4 Å². The van der Waals surface area contributed by atoms with E-state index in [-0.39, 0.29) is 111 Å². The highest BCUT2D eigenvalue weighted by Crippen LogP contribution is 2.37. The van der Waals surface area contributed by atoms with Gasteiger partial charge in [-0.15, -0.1) is 0 Å². The fraction of sp³-hybridized carbons (Fsp3) is 0.372. The van der Waals surface area contributed by atoms with Crippen molar-refractivity contribution in [1.82, 2.24) is 23.3 Å². The standard InChI is InChI=1S/C19H18F4N2O4.C17H14F4N2O4.C15H14F4N2O.C10H15NO2.C9H13NO2.C4H5ClO3.4CH4/c1-5-29-18(28)16(26)14-9(2)15(25(4)10(14)3)17(27)24-11-6-7-13(20)12(8-11)19(21,22)23;1-7-12(14(24)16(26)27)8(2)23(3)13(7)15(25)22-9-4-5-11(18)10(6-9)17(19,20)21;1-8-6-9(2)21(3)13(8)14(22)20-10-4-5-12(16)11(7-10)15(17,18)19;1-5-13-10(12)9-7(2)6-8(3)11(9)4;1-4-12-9(11)8-6(2)5-7(3)10-8;1-2-8-4(7)3(5)6;;;;/h6-8H,5H2,1-4H3,(H,24,27);4-6H,1-3H3,(H,22,25)(H,26,27);4-7H,1-3H3,(H,20,22);6H,5H2,1-4H3;5,10H,4H2,1-3H3;2H2,1H3;4*1H4. The highest BCUT2D eigenvalue weighted by molar-refractivity contribution is 6.80. The molecular formula is C78H95ClF12N8O16. The Hall–Kier alpha value is -11.7. The number of ether oxygens (including phenoxy) is 4. The number of carboxylic acids is 1. The zero-order chi connectivity index (χ0) is 85.1. The molecule has 0 saturated heterocycles. The maximum atomic E-state index is 13.4. The number of ketones is 2. The van der Waals surface area contributed by atoms with Gasteiger partial charge in [0.1, 0.15) is 45.9 Å². The first-order chi connectivity index (χ1) is 51.3. The molecule has 8 aromatic rings. The topological polar surface area (TPSA) is 317 Å². The number of aromatic amines is 1. The molecule has 0 radical (unpaired) electrons. The van der Waals surface area contributed by atoms with Gasteiger partial charge in [-0.1, -0.05) is 29.7 Å². The monoisotopic (exact) mass is 1660 g/mol. The minimum absolute atomic E-state index is 0. The van der Waals surface area contributed by atoms with Gasteiger partial charge in [-0.3, -0.25) is 28.8 Å². The number of aliphatic carboxylic acids is 1. The molecule has 8 rings (SSSR count). The van der Waals surface area contributed by atoms with Crippen LogP contribution in [-0.4, -0.2) is 119 Å². The summed E-state index contributed by atoms with van der Waals surface area (Å²) in [7, 11) is 6.42. The molecule has 0 fully saturated rings. The van der Waals surface area contributed by atoms with Crippen molar-refractivity contribution in [2.45, 2.75) is 145 Å². The fourth-order valence-electron chi connectivity index (χ4n) is 10.7. The molecule has 3 amide bonds. The van der Waals surface area contributed by atoms with Gasteiger partial charge in [0, 0.05) is 73.7 Å². The van der Waals surface area contributed by atoms with E-state index in [0.29, 0.717) is 78.0 Å². The third-order valence-electron chi connectivity index (χ3n) is 16.1. The van der Waals surface area contributed by atoms with Crippen LogP contribution in [-0.2, 0) is 84.8 Å². The highest BCUT2D eigenvalue weighted by Gasteiger charge is 2.38. The molecule has 0 atom stereocenters. The highest BCUT2D eigenvalue weighted by atomic mass is 35.5. The Labute approximate surface area is 661 Å². The zero-order valence-corrected chi connectivity index (χ0v) is 63.8. The number of carboxylic acid groups (broad SMARTS) is 1. The van der Waals surface area contributed by atoms with Crippen molar-refractivity contribution in [3.63, 3.8) is 0 Å². The number of carbonyl (C=O) groups is 11. The van der Waals surface area contributed by atoms with Crippen LogP contribution in [0.25, 0.3) is 0 Å². The molecular weight excluding hydrogens is 1570 g/mol. The number of H-pyrrole nitrogens is 1. The van der Waals surface area contributed by atoms with Crippen LogP contribution in [0.4, 0.5) is 69.7 Å². The molecule has 634 valence electrons. The minimum atomic E-state index is -4.94. The van der Waals surface area contributed by atoms with E-state index in [2.05, 4.69) is 30.4 Å². The van der Waals surface area contributed by atoms with E-state index in [1.54, 1.807) is 38.5 Å². The van der Waals surface area contributed by atoms with Crippen LogP contribution in [0.2, 0.25) is 0 Å². The van der Waals surface area contributed by atoms with Crippen molar-refractivity contribution in [3.8, 4) is 0 Å². The van der Waals surface area contributed by atoms with E-state index in [0.717, 1.165) is 46.4 Å². The van der Waals surface area contributed by atoms with Crippen LogP contribution in [0.1, 0.15) is 204 Å². The van der Waals surface area contributed by atoms with E-state index in [4.69, 9.17) is 26.2 Å². The largest absolute Gasteiger partial charge is 0.475 e. The first kappa shape index (κ1) is 105. The van der Waals surface area contributed by atoms with Crippen LogP contribution in [0.5, 0.6) is 0 Å². The second-order valence-electron chi connectivity index (χ2n) is 23.8. The number of aryl methyl sites for hydroxylation is 6. The first-order valence-corrected chi connectivity index (χ1v) is 33.1. The second kappa shape index (κ2) is 44.7. The van der Waals surface area contributed by atoms with Gasteiger partial charge in [0.05, 0.1) is 54.2 Å². The Balaban J connectivity index is 0. The number of rotatable bonds is 17. The van der Waals surface area contributed by atoms with Crippen molar-refractivity contribution < 1.29 is 129 Å². The molecule has 5 aromatic heterocycles. The number of Topliss-reactive ketones (excluding diaryl/α,β-unsaturated/α-hetero) is 2. The van der Waals surface area contributed by atoms with Crippen LogP contribution in [0, 0.1) is 86.7 Å². The molecule has 24 nitrogen and oxygen atoms in total. The third-order valence-corrected chi connectivity index (χ3v) is 16.2. The van der Waals surface area contributed by atoms with E-state index >= 15 is 0 Å². The van der Waals surface area contributed by atoms with E-state index in [9.17, 15) is 105 Å². The number of alkyl halides is 9. The van der Waals surface area contributed by atoms with Gasteiger partial charge in [-0.05, 0) is 209 Å². The molecule has 0 aliphatic rings. The second-order valence-corrected chi connectivity index (χ2v) is 24.2.